The Morgan fingerprint density at radius 3 is 2.45 bits per heavy atom. The molecule has 0 spiro atoms. The lowest BCUT2D eigenvalue weighted by molar-refractivity contribution is 0.415. The molecule has 0 aliphatic heterocycles. The van der Waals surface area contributed by atoms with Crippen LogP contribution in [-0.4, -0.2) is 7.11 Å². The van der Waals surface area contributed by atoms with Gasteiger partial charge in [-0.15, -0.1) is 0 Å². The number of methoxy groups -OCH3 is 1. The first-order valence-corrected chi connectivity index (χ1v) is 6.63. The van der Waals surface area contributed by atoms with Crippen LogP contribution in [0.25, 0.3) is 0 Å². The Bertz CT molecular complexity index is 617. The van der Waals surface area contributed by atoms with Gasteiger partial charge in [0.15, 0.2) is 0 Å². The molecule has 0 fully saturated rings. The highest BCUT2D eigenvalue weighted by Crippen LogP contribution is 2.25. The molecule has 2 rings (SSSR count). The minimum Gasteiger partial charge on any atom is -0.495 e. The van der Waals surface area contributed by atoms with E-state index in [2.05, 4.69) is 11.4 Å². The number of nitrogens with zero attached hydrogens (tertiary/aromatic N) is 1. The molecule has 0 unspecified atom stereocenters. The van der Waals surface area contributed by atoms with Crippen molar-refractivity contribution in [2.24, 2.45) is 0 Å². The summed E-state index contributed by atoms with van der Waals surface area (Å²) in [6.45, 7) is 0.682. The summed E-state index contributed by atoms with van der Waals surface area (Å²) in [5.74, 6) is 0.677. The monoisotopic (exact) mass is 286 g/mol. The van der Waals surface area contributed by atoms with Crippen LogP contribution in [-0.2, 0) is 13.0 Å². The third-order valence-electron chi connectivity index (χ3n) is 2.95. The molecule has 102 valence electrons. The lowest BCUT2D eigenvalue weighted by Gasteiger charge is -2.09. The Balaban J connectivity index is 1.98. The number of nitriles is 1. The van der Waals surface area contributed by atoms with E-state index in [0.717, 1.165) is 16.8 Å². The van der Waals surface area contributed by atoms with Gasteiger partial charge < -0.3 is 10.1 Å². The van der Waals surface area contributed by atoms with Crippen LogP contribution in [0, 0.1) is 11.3 Å². The summed E-state index contributed by atoms with van der Waals surface area (Å²) in [6, 6.07) is 15.7. The van der Waals surface area contributed by atoms with Crippen LogP contribution >= 0.6 is 11.6 Å². The van der Waals surface area contributed by atoms with E-state index in [1.165, 1.54) is 0 Å². The minimum atomic E-state index is 0.439. The number of nitrogens with one attached hydrogen (secondary N) is 1. The van der Waals surface area contributed by atoms with Crippen molar-refractivity contribution in [2.75, 3.05) is 12.4 Å². The van der Waals surface area contributed by atoms with Crippen molar-refractivity contribution in [3.05, 3.63) is 58.6 Å². The van der Waals surface area contributed by atoms with Gasteiger partial charge in [-0.1, -0.05) is 29.8 Å². The van der Waals surface area contributed by atoms with Gasteiger partial charge in [0, 0.05) is 12.2 Å². The van der Waals surface area contributed by atoms with E-state index >= 15 is 0 Å². The number of benzene rings is 2. The van der Waals surface area contributed by atoms with Crippen molar-refractivity contribution in [2.45, 2.75) is 13.0 Å². The first-order valence-electron chi connectivity index (χ1n) is 6.25. The molecule has 0 atom stereocenters. The van der Waals surface area contributed by atoms with Gasteiger partial charge in [-0.3, -0.25) is 0 Å². The van der Waals surface area contributed by atoms with E-state index in [1.807, 2.05) is 42.5 Å². The zero-order valence-corrected chi connectivity index (χ0v) is 11.9. The summed E-state index contributed by atoms with van der Waals surface area (Å²) in [5, 5.41) is 12.5. The molecule has 0 aliphatic rings. The van der Waals surface area contributed by atoms with Crippen LogP contribution in [0.4, 0.5) is 5.69 Å². The summed E-state index contributed by atoms with van der Waals surface area (Å²) in [7, 11) is 1.60. The Kier molecular flexibility index (Phi) is 4.86. The maximum absolute atomic E-state index is 8.62. The zero-order chi connectivity index (χ0) is 14.4. The molecule has 3 nitrogen and oxygen atoms in total. The summed E-state index contributed by atoms with van der Waals surface area (Å²) in [5.41, 5.74) is 3.11. The number of anilines is 1. The fourth-order valence-corrected chi connectivity index (χ4v) is 2.14. The first kappa shape index (κ1) is 14.2. The van der Waals surface area contributed by atoms with Crippen molar-refractivity contribution in [1.82, 2.24) is 0 Å². The molecule has 0 saturated carbocycles. The normalized spacial score (nSPS) is 9.85. The van der Waals surface area contributed by atoms with Gasteiger partial charge >= 0.3 is 0 Å². The molecule has 2 aromatic rings. The predicted molar refractivity (Wildman–Crippen MR) is 81.1 cm³/mol. The average Bonchev–Trinajstić information content (AvgIpc) is 2.47. The molecule has 1 N–H and O–H groups in total. The summed E-state index contributed by atoms with van der Waals surface area (Å²) in [6.07, 6.45) is 0.439. The van der Waals surface area contributed by atoms with Gasteiger partial charge in [0.05, 0.1) is 24.6 Å². The fraction of sp³-hybridized carbons (Fsp3) is 0.188. The standard InChI is InChI=1S/C16H15ClN2O/c1-20-16-7-4-13(10-15(16)17)11-19-14-5-2-12(3-6-14)8-9-18/h2-7,10,19H,8,11H2,1H3. The molecule has 20 heavy (non-hydrogen) atoms. The second-order valence-corrected chi connectivity index (χ2v) is 4.76. The van der Waals surface area contributed by atoms with Crippen LogP contribution in [0.1, 0.15) is 11.1 Å². The van der Waals surface area contributed by atoms with Crippen molar-refractivity contribution in [3.63, 3.8) is 0 Å². The molecule has 0 aliphatic carbocycles. The Hall–Kier alpha value is -2.18. The molecule has 0 aromatic heterocycles. The molecular formula is C16H15ClN2O. The van der Waals surface area contributed by atoms with Gasteiger partial charge in [-0.2, -0.15) is 5.26 Å². The van der Waals surface area contributed by atoms with Crippen molar-refractivity contribution < 1.29 is 4.74 Å². The summed E-state index contributed by atoms with van der Waals surface area (Å²) < 4.78 is 5.12. The number of ether oxygens (including phenoxy) is 1. The van der Waals surface area contributed by atoms with Gasteiger partial charge in [-0.05, 0) is 35.4 Å². The van der Waals surface area contributed by atoms with Crippen molar-refractivity contribution in [1.29, 1.82) is 5.26 Å². The molecule has 0 heterocycles. The molecule has 0 saturated heterocycles. The van der Waals surface area contributed by atoms with Crippen LogP contribution in [0.5, 0.6) is 5.75 Å². The smallest absolute Gasteiger partial charge is 0.137 e. The fourth-order valence-electron chi connectivity index (χ4n) is 1.86. The van der Waals surface area contributed by atoms with Crippen molar-refractivity contribution in [3.8, 4) is 11.8 Å². The molecule has 0 amide bonds. The van der Waals surface area contributed by atoms with E-state index in [9.17, 15) is 0 Å². The van der Waals surface area contributed by atoms with Crippen LogP contribution in [0.15, 0.2) is 42.5 Å². The van der Waals surface area contributed by atoms with Gasteiger partial charge in [-0.25, -0.2) is 0 Å². The third kappa shape index (κ3) is 3.66. The summed E-state index contributed by atoms with van der Waals surface area (Å²) >= 11 is 6.08. The number of hydrogen-bond acceptors (Lipinski definition) is 3. The number of halogens is 1. The van der Waals surface area contributed by atoms with Crippen LogP contribution < -0.4 is 10.1 Å². The Morgan fingerprint density at radius 2 is 1.85 bits per heavy atom. The zero-order valence-electron chi connectivity index (χ0n) is 11.2. The van der Waals surface area contributed by atoms with E-state index < -0.39 is 0 Å². The topological polar surface area (TPSA) is 45.0 Å². The van der Waals surface area contributed by atoms with Gasteiger partial charge in [0.25, 0.3) is 0 Å². The highest BCUT2D eigenvalue weighted by Gasteiger charge is 2.02. The molecular weight excluding hydrogens is 272 g/mol. The maximum Gasteiger partial charge on any atom is 0.137 e. The molecule has 0 bridgehead atoms. The average molecular weight is 287 g/mol. The molecule has 2 aromatic carbocycles. The van der Waals surface area contributed by atoms with Gasteiger partial charge in [0.1, 0.15) is 5.75 Å². The molecule has 0 radical (unpaired) electrons. The summed E-state index contributed by atoms with van der Waals surface area (Å²) in [4.78, 5) is 0. The SMILES string of the molecule is COc1ccc(CNc2ccc(CC#N)cc2)cc1Cl. The van der Waals surface area contributed by atoms with E-state index in [0.29, 0.717) is 23.7 Å². The predicted octanol–water partition coefficient (Wildman–Crippen LogP) is 4.03. The quantitative estimate of drug-likeness (QED) is 0.903. The van der Waals surface area contributed by atoms with Crippen molar-refractivity contribution >= 4 is 17.3 Å². The Morgan fingerprint density at radius 1 is 1.15 bits per heavy atom. The maximum atomic E-state index is 8.62. The van der Waals surface area contributed by atoms with E-state index in [1.54, 1.807) is 7.11 Å². The number of rotatable bonds is 5. The lowest BCUT2D eigenvalue weighted by atomic mass is 10.1. The van der Waals surface area contributed by atoms with Crippen LogP contribution in [0.3, 0.4) is 0 Å². The highest BCUT2D eigenvalue weighted by atomic mass is 35.5. The first-order chi connectivity index (χ1) is 9.72. The van der Waals surface area contributed by atoms with Crippen LogP contribution in [0.2, 0.25) is 5.02 Å². The largest absolute Gasteiger partial charge is 0.495 e. The van der Waals surface area contributed by atoms with E-state index in [4.69, 9.17) is 21.6 Å². The number of hydrogen-bond donors (Lipinski definition) is 1. The second kappa shape index (κ2) is 6.83. The minimum absolute atomic E-state index is 0.439. The second-order valence-electron chi connectivity index (χ2n) is 4.35. The van der Waals surface area contributed by atoms with Gasteiger partial charge in [0.2, 0.25) is 0 Å². The third-order valence-corrected chi connectivity index (χ3v) is 3.25. The highest BCUT2D eigenvalue weighted by molar-refractivity contribution is 6.32. The lowest BCUT2D eigenvalue weighted by Crippen LogP contribution is -1.99. The Labute approximate surface area is 123 Å². The van der Waals surface area contributed by atoms with E-state index in [-0.39, 0.29) is 0 Å². The molecule has 4 heteroatoms.